The van der Waals surface area contributed by atoms with Crippen molar-refractivity contribution in [3.8, 4) is 0 Å². The smallest absolute Gasteiger partial charge is 0.255 e. The van der Waals surface area contributed by atoms with Gasteiger partial charge in [-0.25, -0.2) is 17.6 Å². The van der Waals surface area contributed by atoms with Crippen LogP contribution in [0.5, 0.6) is 0 Å². The molecule has 26 heavy (non-hydrogen) atoms. The molecule has 134 valence electrons. The van der Waals surface area contributed by atoms with Gasteiger partial charge in [0.2, 0.25) is 0 Å². The molecule has 0 bridgehead atoms. The van der Waals surface area contributed by atoms with Crippen molar-refractivity contribution in [2.45, 2.75) is 6.54 Å². The summed E-state index contributed by atoms with van der Waals surface area (Å²) >= 11 is 3.26. The number of amides is 1. The molecule has 4 nitrogen and oxygen atoms in total. The Morgan fingerprint density at radius 3 is 2.62 bits per heavy atom. The van der Waals surface area contributed by atoms with Gasteiger partial charge in [-0.2, -0.15) is 5.10 Å². The molecule has 0 unspecified atom stereocenters. The summed E-state index contributed by atoms with van der Waals surface area (Å²) in [6, 6.07) is 6.95. The van der Waals surface area contributed by atoms with E-state index in [1.165, 1.54) is 12.4 Å². The predicted octanol–water partition coefficient (Wildman–Crippen LogP) is 4.50. The highest BCUT2D eigenvalue weighted by atomic mass is 79.9. The van der Waals surface area contributed by atoms with E-state index in [1.807, 2.05) is 0 Å². The number of aromatic nitrogens is 2. The average molecular weight is 428 g/mol. The fourth-order valence-electron chi connectivity index (χ4n) is 2.26. The number of benzene rings is 2. The van der Waals surface area contributed by atoms with E-state index in [-0.39, 0.29) is 11.8 Å². The predicted molar refractivity (Wildman–Crippen MR) is 89.7 cm³/mol. The van der Waals surface area contributed by atoms with Crippen molar-refractivity contribution in [3.63, 3.8) is 0 Å². The monoisotopic (exact) mass is 427 g/mol. The van der Waals surface area contributed by atoms with Crippen LogP contribution in [0.25, 0.3) is 0 Å². The first-order valence-electron chi connectivity index (χ1n) is 7.26. The van der Waals surface area contributed by atoms with E-state index in [0.29, 0.717) is 5.56 Å². The number of hydrogen-bond donors (Lipinski definition) is 1. The zero-order chi connectivity index (χ0) is 18.8. The second kappa shape index (κ2) is 7.28. The van der Waals surface area contributed by atoms with Gasteiger partial charge in [0.05, 0.1) is 18.4 Å². The number of carbonyl (C=O) groups excluding carboxylic acids is 1. The largest absolute Gasteiger partial charge is 0.319 e. The lowest BCUT2D eigenvalue weighted by Gasteiger charge is -2.07. The molecule has 0 aliphatic heterocycles. The second-order valence-electron chi connectivity index (χ2n) is 5.34. The van der Waals surface area contributed by atoms with Gasteiger partial charge in [0.25, 0.3) is 5.91 Å². The summed E-state index contributed by atoms with van der Waals surface area (Å²) in [6.07, 6.45) is 2.58. The van der Waals surface area contributed by atoms with Crippen LogP contribution in [0.1, 0.15) is 15.9 Å². The fraction of sp³-hybridized carbons (Fsp3) is 0.0588. The Hall–Kier alpha value is -2.68. The Kier molecular flexibility index (Phi) is 5.08. The van der Waals surface area contributed by atoms with E-state index >= 15 is 0 Å². The number of rotatable bonds is 4. The van der Waals surface area contributed by atoms with E-state index in [2.05, 4.69) is 26.3 Å². The van der Waals surface area contributed by atoms with Crippen LogP contribution in [0.15, 0.2) is 47.2 Å². The molecule has 3 rings (SSSR count). The minimum atomic E-state index is -1.75. The molecule has 1 heterocycles. The molecule has 0 spiro atoms. The van der Waals surface area contributed by atoms with Crippen molar-refractivity contribution in [3.05, 3.63) is 81.6 Å². The third kappa shape index (κ3) is 3.77. The van der Waals surface area contributed by atoms with Crippen molar-refractivity contribution in [2.24, 2.45) is 0 Å². The third-order valence-electron chi connectivity index (χ3n) is 3.51. The lowest BCUT2D eigenvalue weighted by molar-refractivity contribution is 0.102. The first-order valence-corrected chi connectivity index (χ1v) is 8.05. The van der Waals surface area contributed by atoms with Crippen molar-refractivity contribution in [2.75, 3.05) is 5.32 Å². The molecule has 0 fully saturated rings. The topological polar surface area (TPSA) is 46.9 Å². The fourth-order valence-corrected chi connectivity index (χ4v) is 2.66. The SMILES string of the molecule is O=C(Nc1cnn(Cc2c(F)cc(F)c(F)c2F)c1)c1cccc(Br)c1. The molecule has 0 saturated heterocycles. The molecule has 1 N–H and O–H groups in total. The Morgan fingerprint density at radius 1 is 1.12 bits per heavy atom. The summed E-state index contributed by atoms with van der Waals surface area (Å²) in [7, 11) is 0. The van der Waals surface area contributed by atoms with Gasteiger partial charge >= 0.3 is 0 Å². The number of hydrogen-bond acceptors (Lipinski definition) is 2. The zero-order valence-electron chi connectivity index (χ0n) is 12.9. The van der Waals surface area contributed by atoms with Crippen molar-refractivity contribution in [1.82, 2.24) is 9.78 Å². The van der Waals surface area contributed by atoms with Crippen molar-refractivity contribution < 1.29 is 22.4 Å². The maximum atomic E-state index is 13.7. The van der Waals surface area contributed by atoms with E-state index < -0.39 is 41.3 Å². The molecular weight excluding hydrogens is 418 g/mol. The van der Waals surface area contributed by atoms with Gasteiger partial charge in [0.1, 0.15) is 5.82 Å². The van der Waals surface area contributed by atoms with E-state index in [1.54, 1.807) is 24.3 Å². The number of carbonyl (C=O) groups is 1. The van der Waals surface area contributed by atoms with Crippen molar-refractivity contribution in [1.29, 1.82) is 0 Å². The van der Waals surface area contributed by atoms with Crippen LogP contribution in [0, 0.1) is 23.3 Å². The Bertz CT molecular complexity index is 990. The first kappa shape index (κ1) is 18.1. The van der Waals surface area contributed by atoms with Gasteiger partial charge in [-0.05, 0) is 18.2 Å². The normalized spacial score (nSPS) is 10.8. The van der Waals surface area contributed by atoms with E-state index in [0.717, 1.165) is 9.15 Å². The van der Waals surface area contributed by atoms with Gasteiger partial charge in [-0.1, -0.05) is 22.0 Å². The van der Waals surface area contributed by atoms with Crippen LogP contribution < -0.4 is 5.32 Å². The number of nitrogens with one attached hydrogen (secondary N) is 1. The highest BCUT2D eigenvalue weighted by Gasteiger charge is 2.19. The summed E-state index contributed by atoms with van der Waals surface area (Å²) in [4.78, 5) is 12.1. The number of anilines is 1. The molecule has 0 saturated carbocycles. The molecule has 0 aliphatic rings. The second-order valence-corrected chi connectivity index (χ2v) is 6.25. The summed E-state index contributed by atoms with van der Waals surface area (Å²) < 4.78 is 55.5. The van der Waals surface area contributed by atoms with Crippen LogP contribution in [-0.2, 0) is 6.54 Å². The maximum Gasteiger partial charge on any atom is 0.255 e. The van der Waals surface area contributed by atoms with E-state index in [9.17, 15) is 22.4 Å². The zero-order valence-corrected chi connectivity index (χ0v) is 14.5. The highest BCUT2D eigenvalue weighted by Crippen LogP contribution is 2.21. The van der Waals surface area contributed by atoms with Gasteiger partial charge in [0.15, 0.2) is 17.5 Å². The Balaban J connectivity index is 1.77. The molecule has 0 radical (unpaired) electrons. The van der Waals surface area contributed by atoms with E-state index in [4.69, 9.17) is 0 Å². The highest BCUT2D eigenvalue weighted by molar-refractivity contribution is 9.10. The Labute approximate surface area is 153 Å². The molecule has 0 atom stereocenters. The standard InChI is InChI=1S/C17H10BrF4N3O/c18-10-3-1-2-9(4-10)17(26)24-11-6-23-25(7-11)8-12-13(19)5-14(20)16(22)15(12)21/h1-7H,8H2,(H,24,26). The summed E-state index contributed by atoms with van der Waals surface area (Å²) in [5.74, 6) is -6.60. The van der Waals surface area contributed by atoms with Crippen molar-refractivity contribution >= 4 is 27.5 Å². The molecule has 2 aromatic carbocycles. The molecule has 3 aromatic rings. The molecule has 1 amide bonds. The van der Waals surface area contributed by atoms with Gasteiger partial charge in [0, 0.05) is 27.9 Å². The quantitative estimate of drug-likeness (QED) is 0.378. The minimum absolute atomic E-state index is 0.271. The number of halogens is 5. The maximum absolute atomic E-state index is 13.7. The molecule has 1 aromatic heterocycles. The molecule has 0 aliphatic carbocycles. The van der Waals surface area contributed by atoms with Crippen LogP contribution in [0.4, 0.5) is 23.2 Å². The van der Waals surface area contributed by atoms with Gasteiger partial charge in [-0.3, -0.25) is 9.48 Å². The van der Waals surface area contributed by atoms with Crippen LogP contribution >= 0.6 is 15.9 Å². The minimum Gasteiger partial charge on any atom is -0.319 e. The first-order chi connectivity index (χ1) is 12.3. The third-order valence-corrected chi connectivity index (χ3v) is 4.00. The van der Waals surface area contributed by atoms with Gasteiger partial charge < -0.3 is 5.32 Å². The summed E-state index contributed by atoms with van der Waals surface area (Å²) in [5, 5.41) is 6.43. The Morgan fingerprint density at radius 2 is 1.88 bits per heavy atom. The van der Waals surface area contributed by atoms with Crippen LogP contribution in [-0.4, -0.2) is 15.7 Å². The van der Waals surface area contributed by atoms with Gasteiger partial charge in [-0.15, -0.1) is 0 Å². The lowest BCUT2D eigenvalue weighted by Crippen LogP contribution is -2.11. The lowest BCUT2D eigenvalue weighted by atomic mass is 10.2. The molecular formula is C17H10BrF4N3O. The molecule has 9 heteroatoms. The average Bonchev–Trinajstić information content (AvgIpc) is 3.04. The summed E-state index contributed by atoms with van der Waals surface area (Å²) in [6.45, 7) is -0.471. The van der Waals surface area contributed by atoms with Crippen LogP contribution in [0.2, 0.25) is 0 Å². The summed E-state index contributed by atoms with van der Waals surface area (Å²) in [5.41, 5.74) is 0.0000569. The van der Waals surface area contributed by atoms with Crippen LogP contribution in [0.3, 0.4) is 0 Å². The number of nitrogens with zero attached hydrogens (tertiary/aromatic N) is 2.